The van der Waals surface area contributed by atoms with Crippen molar-refractivity contribution in [2.75, 3.05) is 5.32 Å². The van der Waals surface area contributed by atoms with Crippen molar-refractivity contribution in [3.05, 3.63) is 23.5 Å². The van der Waals surface area contributed by atoms with E-state index in [9.17, 15) is 4.79 Å². The van der Waals surface area contributed by atoms with Crippen LogP contribution < -0.4 is 5.32 Å². The Morgan fingerprint density at radius 1 is 1.22 bits per heavy atom. The summed E-state index contributed by atoms with van der Waals surface area (Å²) >= 11 is 6.01. The summed E-state index contributed by atoms with van der Waals surface area (Å²) in [6.07, 6.45) is 11.3. The summed E-state index contributed by atoms with van der Waals surface area (Å²) in [6.45, 7) is 0. The second-order valence-corrected chi connectivity index (χ2v) is 5.29. The molecule has 0 atom stereocenters. The van der Waals surface area contributed by atoms with E-state index in [4.69, 9.17) is 11.6 Å². The van der Waals surface area contributed by atoms with Gasteiger partial charge in [-0.2, -0.15) is 0 Å². The number of hydrogen-bond acceptors (Lipinski definition) is 2. The molecule has 3 nitrogen and oxygen atoms in total. The molecule has 1 aliphatic carbocycles. The SMILES string of the molecule is O=C(Nc1cnccc1Cl)C1CCCCCCC1. The van der Waals surface area contributed by atoms with Gasteiger partial charge in [-0.25, -0.2) is 0 Å². The van der Waals surface area contributed by atoms with E-state index < -0.39 is 0 Å². The molecule has 2 rings (SSSR count). The van der Waals surface area contributed by atoms with Gasteiger partial charge in [0.05, 0.1) is 16.9 Å². The number of amides is 1. The number of pyridine rings is 1. The zero-order valence-corrected chi connectivity index (χ0v) is 11.2. The van der Waals surface area contributed by atoms with Crippen molar-refractivity contribution in [3.8, 4) is 0 Å². The lowest BCUT2D eigenvalue weighted by molar-refractivity contribution is -0.120. The minimum atomic E-state index is 0.0896. The average Bonchev–Trinajstić information content (AvgIpc) is 2.31. The Balaban J connectivity index is 1.96. The Kier molecular flexibility index (Phi) is 5.00. The van der Waals surface area contributed by atoms with Gasteiger partial charge in [-0.15, -0.1) is 0 Å². The Labute approximate surface area is 113 Å². The van der Waals surface area contributed by atoms with Crippen LogP contribution in [0.15, 0.2) is 18.5 Å². The summed E-state index contributed by atoms with van der Waals surface area (Å²) in [7, 11) is 0. The van der Waals surface area contributed by atoms with Crippen LogP contribution in [0.4, 0.5) is 5.69 Å². The van der Waals surface area contributed by atoms with Gasteiger partial charge in [-0.3, -0.25) is 9.78 Å². The number of nitrogens with zero attached hydrogens (tertiary/aromatic N) is 1. The van der Waals surface area contributed by atoms with Gasteiger partial charge >= 0.3 is 0 Å². The molecule has 0 unspecified atom stereocenters. The Bertz CT molecular complexity index is 401. The van der Waals surface area contributed by atoms with Crippen LogP contribution in [-0.2, 0) is 4.79 Å². The average molecular weight is 267 g/mol. The predicted octanol–water partition coefficient (Wildman–Crippen LogP) is 4.03. The third-order valence-corrected chi connectivity index (χ3v) is 3.83. The Morgan fingerprint density at radius 3 is 2.56 bits per heavy atom. The molecule has 4 heteroatoms. The first-order valence-electron chi connectivity index (χ1n) is 6.68. The molecule has 1 saturated carbocycles. The Morgan fingerprint density at radius 2 is 1.89 bits per heavy atom. The van der Waals surface area contributed by atoms with E-state index in [1.54, 1.807) is 18.5 Å². The highest BCUT2D eigenvalue weighted by atomic mass is 35.5. The second kappa shape index (κ2) is 6.74. The first kappa shape index (κ1) is 13.3. The van der Waals surface area contributed by atoms with Crippen molar-refractivity contribution < 1.29 is 4.79 Å². The number of carbonyl (C=O) groups excluding carboxylic acids is 1. The van der Waals surface area contributed by atoms with E-state index >= 15 is 0 Å². The third kappa shape index (κ3) is 3.70. The molecule has 1 aromatic rings. The van der Waals surface area contributed by atoms with Crippen molar-refractivity contribution in [1.29, 1.82) is 0 Å². The van der Waals surface area contributed by atoms with Crippen LogP contribution in [0, 0.1) is 5.92 Å². The largest absolute Gasteiger partial charge is 0.323 e. The van der Waals surface area contributed by atoms with E-state index in [2.05, 4.69) is 10.3 Å². The molecule has 0 saturated heterocycles. The first-order chi connectivity index (χ1) is 8.77. The Hall–Kier alpha value is -1.09. The van der Waals surface area contributed by atoms with Gasteiger partial charge < -0.3 is 5.32 Å². The lowest BCUT2D eigenvalue weighted by atomic mass is 9.90. The van der Waals surface area contributed by atoms with Crippen LogP contribution in [0.25, 0.3) is 0 Å². The van der Waals surface area contributed by atoms with Gasteiger partial charge in [0.15, 0.2) is 0 Å². The fraction of sp³-hybridized carbons (Fsp3) is 0.571. The standard InChI is InChI=1S/C14H19ClN2O/c15-12-8-9-16-10-13(12)17-14(18)11-6-4-2-1-3-5-7-11/h8-11H,1-7H2,(H,17,18). The van der Waals surface area contributed by atoms with E-state index in [-0.39, 0.29) is 11.8 Å². The molecule has 18 heavy (non-hydrogen) atoms. The lowest BCUT2D eigenvalue weighted by Crippen LogP contribution is -2.23. The van der Waals surface area contributed by atoms with Gasteiger partial charge in [0.2, 0.25) is 5.91 Å². The third-order valence-electron chi connectivity index (χ3n) is 3.50. The number of nitrogens with one attached hydrogen (secondary N) is 1. The summed E-state index contributed by atoms with van der Waals surface area (Å²) in [5, 5.41) is 3.44. The fourth-order valence-electron chi connectivity index (χ4n) is 2.42. The van der Waals surface area contributed by atoms with Gasteiger partial charge in [-0.05, 0) is 18.9 Å². The maximum absolute atomic E-state index is 12.2. The van der Waals surface area contributed by atoms with Gasteiger partial charge in [0.1, 0.15) is 0 Å². The minimum absolute atomic E-state index is 0.0896. The molecule has 0 aliphatic heterocycles. The summed E-state index contributed by atoms with van der Waals surface area (Å²) in [5.74, 6) is 0.216. The molecular formula is C14H19ClN2O. The number of rotatable bonds is 2. The lowest BCUT2D eigenvalue weighted by Gasteiger charge is -2.19. The van der Waals surface area contributed by atoms with Crippen LogP contribution in [0.2, 0.25) is 5.02 Å². The molecule has 0 spiro atoms. The highest BCUT2D eigenvalue weighted by molar-refractivity contribution is 6.33. The van der Waals surface area contributed by atoms with Crippen LogP contribution in [0.3, 0.4) is 0 Å². The highest BCUT2D eigenvalue weighted by Crippen LogP contribution is 2.25. The molecule has 98 valence electrons. The van der Waals surface area contributed by atoms with Gasteiger partial charge in [0, 0.05) is 12.1 Å². The normalized spacial score (nSPS) is 17.8. The van der Waals surface area contributed by atoms with Gasteiger partial charge in [-0.1, -0.05) is 43.7 Å². The molecule has 0 aromatic carbocycles. The molecule has 1 heterocycles. The van der Waals surface area contributed by atoms with E-state index in [1.165, 1.54) is 19.3 Å². The van der Waals surface area contributed by atoms with Crippen LogP contribution in [0.5, 0.6) is 0 Å². The minimum Gasteiger partial charge on any atom is -0.323 e. The van der Waals surface area contributed by atoms with Crippen molar-refractivity contribution in [3.63, 3.8) is 0 Å². The molecule has 0 bridgehead atoms. The van der Waals surface area contributed by atoms with Gasteiger partial charge in [0.25, 0.3) is 0 Å². The highest BCUT2D eigenvalue weighted by Gasteiger charge is 2.19. The van der Waals surface area contributed by atoms with E-state index in [0.29, 0.717) is 10.7 Å². The molecular weight excluding hydrogens is 248 g/mol. The van der Waals surface area contributed by atoms with E-state index in [0.717, 1.165) is 25.7 Å². The molecule has 1 aliphatic rings. The van der Waals surface area contributed by atoms with E-state index in [1.807, 2.05) is 0 Å². The number of anilines is 1. The zero-order chi connectivity index (χ0) is 12.8. The first-order valence-corrected chi connectivity index (χ1v) is 7.05. The number of hydrogen-bond donors (Lipinski definition) is 1. The van der Waals surface area contributed by atoms with Crippen LogP contribution in [0.1, 0.15) is 44.9 Å². The monoisotopic (exact) mass is 266 g/mol. The van der Waals surface area contributed by atoms with Crippen LogP contribution >= 0.6 is 11.6 Å². The molecule has 1 fully saturated rings. The number of aromatic nitrogens is 1. The number of halogens is 1. The van der Waals surface area contributed by atoms with Crippen molar-refractivity contribution in [2.24, 2.45) is 5.92 Å². The van der Waals surface area contributed by atoms with Crippen LogP contribution in [-0.4, -0.2) is 10.9 Å². The van der Waals surface area contributed by atoms with Crippen molar-refractivity contribution in [2.45, 2.75) is 44.9 Å². The number of carbonyl (C=O) groups is 1. The quantitative estimate of drug-likeness (QED) is 0.878. The maximum Gasteiger partial charge on any atom is 0.227 e. The maximum atomic E-state index is 12.2. The molecule has 1 aromatic heterocycles. The molecule has 0 radical (unpaired) electrons. The summed E-state index contributed by atoms with van der Waals surface area (Å²) in [6, 6.07) is 1.69. The smallest absolute Gasteiger partial charge is 0.227 e. The summed E-state index contributed by atoms with van der Waals surface area (Å²) in [4.78, 5) is 16.2. The summed E-state index contributed by atoms with van der Waals surface area (Å²) in [5.41, 5.74) is 0.617. The zero-order valence-electron chi connectivity index (χ0n) is 10.5. The summed E-state index contributed by atoms with van der Waals surface area (Å²) < 4.78 is 0. The molecule has 1 N–H and O–H groups in total. The van der Waals surface area contributed by atoms with Crippen molar-refractivity contribution in [1.82, 2.24) is 4.98 Å². The molecule has 1 amide bonds. The predicted molar refractivity (Wildman–Crippen MR) is 73.7 cm³/mol. The van der Waals surface area contributed by atoms with Crippen molar-refractivity contribution >= 4 is 23.2 Å². The topological polar surface area (TPSA) is 42.0 Å². The second-order valence-electron chi connectivity index (χ2n) is 4.89. The fourth-order valence-corrected chi connectivity index (χ4v) is 2.57.